The molecule has 2 aromatic carbocycles. The highest BCUT2D eigenvalue weighted by Crippen LogP contribution is 2.17. The van der Waals surface area contributed by atoms with Crippen LogP contribution in [0.3, 0.4) is 0 Å². The zero-order valence-electron chi connectivity index (χ0n) is 20.2. The lowest BCUT2D eigenvalue weighted by Gasteiger charge is -2.11. The van der Waals surface area contributed by atoms with Crippen LogP contribution >= 0.6 is 0 Å². The summed E-state index contributed by atoms with van der Waals surface area (Å²) in [6, 6.07) is 14.7. The van der Waals surface area contributed by atoms with E-state index in [0.29, 0.717) is 18.0 Å². The number of carbonyl (C=O) groups is 1. The third-order valence-electron chi connectivity index (χ3n) is 5.28. The van der Waals surface area contributed by atoms with Crippen LogP contribution in [0.1, 0.15) is 24.0 Å². The summed E-state index contributed by atoms with van der Waals surface area (Å²) in [5, 5.41) is 8.99. The molecule has 10 heteroatoms. The molecule has 1 heterocycles. The van der Waals surface area contributed by atoms with Gasteiger partial charge in [0, 0.05) is 13.1 Å². The fourth-order valence-corrected chi connectivity index (χ4v) is 3.38. The SMILES string of the molecule is Cc1ccc(Cn2c(=O)n(CCC(=O)O)c(=O)[nH]/c2=N\c2ccc(OCCCN(C)C)cc2)cc1. The second kappa shape index (κ2) is 12.0. The van der Waals surface area contributed by atoms with E-state index in [9.17, 15) is 14.4 Å². The first-order valence-corrected chi connectivity index (χ1v) is 11.4. The van der Waals surface area contributed by atoms with E-state index in [2.05, 4.69) is 14.9 Å². The number of hydrogen-bond acceptors (Lipinski definition) is 6. The quantitative estimate of drug-likeness (QED) is 0.402. The molecule has 0 unspecified atom stereocenters. The lowest BCUT2D eigenvalue weighted by molar-refractivity contribution is -0.137. The Hall–Kier alpha value is -3.92. The van der Waals surface area contributed by atoms with Crippen molar-refractivity contribution in [3.8, 4) is 5.75 Å². The summed E-state index contributed by atoms with van der Waals surface area (Å²) < 4.78 is 7.96. The van der Waals surface area contributed by atoms with Crippen molar-refractivity contribution < 1.29 is 14.6 Å². The molecule has 0 saturated carbocycles. The fraction of sp³-hybridized carbons (Fsp3) is 0.360. The van der Waals surface area contributed by atoms with E-state index < -0.39 is 17.3 Å². The fourth-order valence-electron chi connectivity index (χ4n) is 3.38. The summed E-state index contributed by atoms with van der Waals surface area (Å²) in [5.41, 5.74) is 1.18. The van der Waals surface area contributed by atoms with Crippen LogP contribution < -0.4 is 21.7 Å². The number of H-pyrrole nitrogens is 1. The molecule has 10 nitrogen and oxygen atoms in total. The molecule has 0 amide bonds. The van der Waals surface area contributed by atoms with E-state index in [4.69, 9.17) is 9.84 Å². The van der Waals surface area contributed by atoms with Crippen molar-refractivity contribution in [2.75, 3.05) is 27.2 Å². The summed E-state index contributed by atoms with van der Waals surface area (Å²) in [6.45, 7) is 3.41. The van der Waals surface area contributed by atoms with Crippen molar-refractivity contribution in [3.05, 3.63) is 86.2 Å². The molecule has 2 N–H and O–H groups in total. The number of aryl methyl sites for hydroxylation is 1. The van der Waals surface area contributed by atoms with Crippen LogP contribution in [0.25, 0.3) is 0 Å². The molecule has 0 atom stereocenters. The van der Waals surface area contributed by atoms with Gasteiger partial charge in [-0.25, -0.2) is 19.1 Å². The molecule has 35 heavy (non-hydrogen) atoms. The van der Waals surface area contributed by atoms with Crippen molar-refractivity contribution in [2.24, 2.45) is 4.99 Å². The predicted molar refractivity (Wildman–Crippen MR) is 132 cm³/mol. The molecule has 0 aliphatic carbocycles. The van der Waals surface area contributed by atoms with Gasteiger partial charge in [-0.05, 0) is 57.3 Å². The van der Waals surface area contributed by atoms with Gasteiger partial charge in [0.1, 0.15) is 5.75 Å². The van der Waals surface area contributed by atoms with Crippen molar-refractivity contribution in [1.29, 1.82) is 0 Å². The van der Waals surface area contributed by atoms with Gasteiger partial charge >= 0.3 is 17.3 Å². The molecular formula is C25H31N5O5. The zero-order valence-corrected chi connectivity index (χ0v) is 20.2. The van der Waals surface area contributed by atoms with Gasteiger partial charge in [0.15, 0.2) is 0 Å². The summed E-state index contributed by atoms with van der Waals surface area (Å²) >= 11 is 0. The van der Waals surface area contributed by atoms with E-state index in [1.807, 2.05) is 45.3 Å². The summed E-state index contributed by atoms with van der Waals surface area (Å²) in [7, 11) is 4.02. The summed E-state index contributed by atoms with van der Waals surface area (Å²) in [6.07, 6.45) is 0.553. The third kappa shape index (κ3) is 7.54. The lowest BCUT2D eigenvalue weighted by Crippen LogP contribution is -2.50. The highest BCUT2D eigenvalue weighted by molar-refractivity contribution is 5.66. The van der Waals surface area contributed by atoms with Gasteiger partial charge in [-0.1, -0.05) is 29.8 Å². The smallest absolute Gasteiger partial charge is 0.335 e. The second-order valence-electron chi connectivity index (χ2n) is 8.51. The number of ether oxygens (including phenoxy) is 1. The van der Waals surface area contributed by atoms with Crippen LogP contribution in [0.15, 0.2) is 63.1 Å². The monoisotopic (exact) mass is 481 g/mol. The van der Waals surface area contributed by atoms with E-state index >= 15 is 0 Å². The maximum absolute atomic E-state index is 13.2. The molecule has 0 bridgehead atoms. The first kappa shape index (κ1) is 25.7. The Morgan fingerprint density at radius 3 is 2.37 bits per heavy atom. The standard InChI is InChI=1S/C25H31N5O5/c1-18-5-7-19(8-6-18)17-30-23(27-24(33)29(25(30)34)15-13-22(31)32)26-20-9-11-21(12-10-20)35-16-4-14-28(2)3/h5-12H,4,13-17H2,1-3H3,(H,31,32)(H,26,27,33). The van der Waals surface area contributed by atoms with Gasteiger partial charge in [-0.2, -0.15) is 0 Å². The van der Waals surface area contributed by atoms with Crippen molar-refractivity contribution in [3.63, 3.8) is 0 Å². The highest BCUT2D eigenvalue weighted by Gasteiger charge is 2.11. The minimum atomic E-state index is -1.10. The number of nitrogens with zero attached hydrogens (tertiary/aromatic N) is 4. The largest absolute Gasteiger partial charge is 0.494 e. The molecule has 0 aliphatic heterocycles. The Morgan fingerprint density at radius 2 is 1.74 bits per heavy atom. The van der Waals surface area contributed by atoms with E-state index in [1.165, 1.54) is 4.57 Å². The molecule has 1 aromatic heterocycles. The maximum Gasteiger partial charge on any atom is 0.335 e. The molecule has 0 spiro atoms. The normalized spacial score (nSPS) is 11.7. The average Bonchev–Trinajstić information content (AvgIpc) is 2.81. The Kier molecular flexibility index (Phi) is 8.80. The summed E-state index contributed by atoms with van der Waals surface area (Å²) in [4.78, 5) is 45.9. The number of benzene rings is 2. The number of nitrogens with one attached hydrogen (secondary N) is 1. The Morgan fingerprint density at radius 1 is 1.06 bits per heavy atom. The second-order valence-corrected chi connectivity index (χ2v) is 8.51. The van der Waals surface area contributed by atoms with Gasteiger partial charge in [0.2, 0.25) is 5.62 Å². The first-order valence-electron chi connectivity index (χ1n) is 11.4. The number of carboxylic acid groups (broad SMARTS) is 1. The highest BCUT2D eigenvalue weighted by atomic mass is 16.5. The average molecular weight is 482 g/mol. The van der Waals surface area contributed by atoms with Gasteiger partial charge in [-0.3, -0.25) is 14.3 Å². The molecule has 0 fully saturated rings. The van der Waals surface area contributed by atoms with Crippen LogP contribution in [-0.2, 0) is 17.9 Å². The molecule has 0 saturated heterocycles. The number of aliphatic carboxylic acids is 1. The molecule has 0 radical (unpaired) electrons. The van der Waals surface area contributed by atoms with Gasteiger partial charge in [-0.15, -0.1) is 0 Å². The molecule has 3 aromatic rings. The van der Waals surface area contributed by atoms with Crippen molar-refractivity contribution in [2.45, 2.75) is 32.9 Å². The molecular weight excluding hydrogens is 450 g/mol. The minimum absolute atomic E-state index is 0.0757. The molecule has 186 valence electrons. The number of aromatic nitrogens is 3. The van der Waals surface area contributed by atoms with Crippen LogP contribution in [0, 0.1) is 6.92 Å². The molecule has 3 rings (SSSR count). The zero-order chi connectivity index (χ0) is 25.4. The van der Waals surface area contributed by atoms with Crippen LogP contribution in [0.4, 0.5) is 5.69 Å². The van der Waals surface area contributed by atoms with Crippen LogP contribution in [-0.4, -0.2) is 57.3 Å². The van der Waals surface area contributed by atoms with Crippen LogP contribution in [0.5, 0.6) is 5.75 Å². The van der Waals surface area contributed by atoms with Gasteiger partial charge in [0.05, 0.1) is 25.3 Å². The number of hydrogen-bond donors (Lipinski definition) is 2. The summed E-state index contributed by atoms with van der Waals surface area (Å²) in [5.74, 6) is -0.396. The minimum Gasteiger partial charge on any atom is -0.494 e. The third-order valence-corrected chi connectivity index (χ3v) is 5.28. The topological polar surface area (TPSA) is 122 Å². The Bertz CT molecular complexity index is 1320. The first-order chi connectivity index (χ1) is 16.7. The predicted octanol–water partition coefficient (Wildman–Crippen LogP) is 1.73. The number of carboxylic acids is 1. The number of rotatable bonds is 11. The lowest BCUT2D eigenvalue weighted by atomic mass is 10.1. The number of aromatic amines is 1. The van der Waals surface area contributed by atoms with Gasteiger partial charge in [0.25, 0.3) is 0 Å². The van der Waals surface area contributed by atoms with Gasteiger partial charge < -0.3 is 14.7 Å². The maximum atomic E-state index is 13.2. The van der Waals surface area contributed by atoms with E-state index in [-0.39, 0.29) is 25.1 Å². The van der Waals surface area contributed by atoms with Crippen molar-refractivity contribution in [1.82, 2.24) is 19.0 Å². The molecule has 0 aliphatic rings. The Labute approximate surface area is 202 Å². The van der Waals surface area contributed by atoms with Crippen molar-refractivity contribution >= 4 is 11.7 Å². The van der Waals surface area contributed by atoms with Crippen LogP contribution in [0.2, 0.25) is 0 Å². The van der Waals surface area contributed by atoms with E-state index in [1.54, 1.807) is 24.3 Å². The van der Waals surface area contributed by atoms with E-state index in [0.717, 1.165) is 28.7 Å². The Balaban J connectivity index is 1.94.